The fourth-order valence-corrected chi connectivity index (χ4v) is 1.77. The van der Waals surface area contributed by atoms with Gasteiger partial charge in [0.2, 0.25) is 0 Å². The molecule has 0 heterocycles. The lowest BCUT2D eigenvalue weighted by Crippen LogP contribution is -2.14. The molecule has 6 heteroatoms. The van der Waals surface area contributed by atoms with E-state index in [2.05, 4.69) is 5.32 Å². The molecule has 0 aliphatic heterocycles. The summed E-state index contributed by atoms with van der Waals surface area (Å²) in [7, 11) is 1.41. The molecule has 2 aromatic carbocycles. The molecule has 0 aromatic heterocycles. The lowest BCUT2D eigenvalue weighted by Gasteiger charge is -2.11. The van der Waals surface area contributed by atoms with Crippen molar-refractivity contribution in [3.05, 3.63) is 53.3 Å². The number of nitrogens with zero attached hydrogens (tertiary/aromatic N) is 1. The SMILES string of the molecule is COc1cc(C#N)ccc1NC(=O)c1ccc(N)cc1F. The molecule has 0 aliphatic carbocycles. The molecule has 0 fully saturated rings. The number of anilines is 2. The van der Waals surface area contributed by atoms with Crippen molar-refractivity contribution in [3.8, 4) is 11.8 Å². The van der Waals surface area contributed by atoms with E-state index in [1.165, 1.54) is 37.4 Å². The highest BCUT2D eigenvalue weighted by Gasteiger charge is 2.14. The van der Waals surface area contributed by atoms with Crippen LogP contribution < -0.4 is 15.8 Å². The van der Waals surface area contributed by atoms with Crippen molar-refractivity contribution < 1.29 is 13.9 Å². The molecule has 0 saturated carbocycles. The predicted octanol–water partition coefficient (Wildman–Crippen LogP) is 2.54. The summed E-state index contributed by atoms with van der Waals surface area (Å²) in [5.74, 6) is -1.02. The summed E-state index contributed by atoms with van der Waals surface area (Å²) in [4.78, 5) is 12.1. The van der Waals surface area contributed by atoms with E-state index in [0.29, 0.717) is 17.0 Å². The van der Waals surface area contributed by atoms with Crippen molar-refractivity contribution in [3.63, 3.8) is 0 Å². The van der Waals surface area contributed by atoms with Crippen molar-refractivity contribution in [2.24, 2.45) is 0 Å². The summed E-state index contributed by atoms with van der Waals surface area (Å²) in [6, 6.07) is 10.3. The van der Waals surface area contributed by atoms with Crippen molar-refractivity contribution in [1.82, 2.24) is 0 Å². The molecule has 0 unspecified atom stereocenters. The molecule has 106 valence electrons. The number of nitrogens with one attached hydrogen (secondary N) is 1. The van der Waals surface area contributed by atoms with Crippen molar-refractivity contribution >= 4 is 17.3 Å². The molecule has 0 saturated heterocycles. The van der Waals surface area contributed by atoms with Gasteiger partial charge in [0.25, 0.3) is 5.91 Å². The molecule has 0 radical (unpaired) electrons. The van der Waals surface area contributed by atoms with E-state index >= 15 is 0 Å². The Morgan fingerprint density at radius 3 is 2.71 bits per heavy atom. The molecule has 0 atom stereocenters. The standard InChI is InChI=1S/C15H12FN3O2/c1-21-14-6-9(8-17)2-5-13(14)19-15(20)11-4-3-10(18)7-12(11)16/h2-7H,18H2,1H3,(H,19,20). The van der Waals surface area contributed by atoms with Gasteiger partial charge < -0.3 is 15.8 Å². The van der Waals surface area contributed by atoms with Crippen LogP contribution in [0, 0.1) is 17.1 Å². The number of nitrogens with two attached hydrogens (primary N) is 1. The van der Waals surface area contributed by atoms with Crippen molar-refractivity contribution in [2.75, 3.05) is 18.2 Å². The molecule has 0 spiro atoms. The normalized spacial score (nSPS) is 9.76. The number of hydrogen-bond acceptors (Lipinski definition) is 4. The zero-order chi connectivity index (χ0) is 15.4. The fourth-order valence-electron chi connectivity index (χ4n) is 1.77. The van der Waals surface area contributed by atoms with Crippen LogP contribution in [0.2, 0.25) is 0 Å². The number of amides is 1. The van der Waals surface area contributed by atoms with Crippen LogP contribution in [0.4, 0.5) is 15.8 Å². The molecule has 5 nitrogen and oxygen atoms in total. The van der Waals surface area contributed by atoms with Gasteiger partial charge in [-0.1, -0.05) is 0 Å². The van der Waals surface area contributed by atoms with Crippen LogP contribution in [0.5, 0.6) is 5.75 Å². The first-order chi connectivity index (χ1) is 10.0. The molecule has 0 aliphatic rings. The van der Waals surface area contributed by atoms with Gasteiger partial charge in [0.05, 0.1) is 30.0 Å². The highest BCUT2D eigenvalue weighted by molar-refractivity contribution is 6.05. The van der Waals surface area contributed by atoms with E-state index in [1.807, 2.05) is 6.07 Å². The third-order valence-electron chi connectivity index (χ3n) is 2.82. The van der Waals surface area contributed by atoms with E-state index < -0.39 is 11.7 Å². The minimum absolute atomic E-state index is 0.129. The van der Waals surface area contributed by atoms with Crippen LogP contribution in [-0.2, 0) is 0 Å². The fraction of sp³-hybridized carbons (Fsp3) is 0.0667. The summed E-state index contributed by atoms with van der Waals surface area (Å²) in [6.45, 7) is 0. The lowest BCUT2D eigenvalue weighted by atomic mass is 10.1. The van der Waals surface area contributed by atoms with Gasteiger partial charge in [0.1, 0.15) is 11.6 Å². The quantitative estimate of drug-likeness (QED) is 0.848. The van der Waals surface area contributed by atoms with Gasteiger partial charge in [-0.15, -0.1) is 0 Å². The molecule has 1 amide bonds. The first-order valence-electron chi connectivity index (χ1n) is 5.99. The second-order valence-corrected chi connectivity index (χ2v) is 4.22. The van der Waals surface area contributed by atoms with E-state index in [4.69, 9.17) is 15.7 Å². The largest absolute Gasteiger partial charge is 0.495 e. The van der Waals surface area contributed by atoms with Crippen LogP contribution in [-0.4, -0.2) is 13.0 Å². The minimum atomic E-state index is -0.708. The summed E-state index contributed by atoms with van der Waals surface area (Å²) < 4.78 is 18.8. The van der Waals surface area contributed by atoms with Gasteiger partial charge in [0, 0.05) is 11.8 Å². The average molecular weight is 285 g/mol. The van der Waals surface area contributed by atoms with Crippen LogP contribution in [0.25, 0.3) is 0 Å². The second-order valence-electron chi connectivity index (χ2n) is 4.22. The zero-order valence-corrected chi connectivity index (χ0v) is 11.2. The van der Waals surface area contributed by atoms with Crippen LogP contribution in [0.1, 0.15) is 15.9 Å². The van der Waals surface area contributed by atoms with Gasteiger partial charge in [-0.3, -0.25) is 4.79 Å². The summed E-state index contributed by atoms with van der Waals surface area (Å²) >= 11 is 0. The molecule has 0 bridgehead atoms. The van der Waals surface area contributed by atoms with Gasteiger partial charge in [0.15, 0.2) is 0 Å². The number of benzene rings is 2. The maximum absolute atomic E-state index is 13.7. The van der Waals surface area contributed by atoms with Crippen LogP contribution >= 0.6 is 0 Å². The molecular formula is C15H12FN3O2. The van der Waals surface area contributed by atoms with Crippen LogP contribution in [0.15, 0.2) is 36.4 Å². The Labute approximate surface area is 120 Å². The topological polar surface area (TPSA) is 88.1 Å². The third-order valence-corrected chi connectivity index (χ3v) is 2.82. The number of carbonyl (C=O) groups excluding carboxylic acids is 1. The Balaban J connectivity index is 2.29. The first-order valence-corrected chi connectivity index (χ1v) is 5.99. The predicted molar refractivity (Wildman–Crippen MR) is 76.5 cm³/mol. The highest BCUT2D eigenvalue weighted by Crippen LogP contribution is 2.26. The summed E-state index contributed by atoms with van der Waals surface area (Å²) in [5.41, 5.74) is 6.28. The number of hydrogen-bond donors (Lipinski definition) is 2. The molecule has 21 heavy (non-hydrogen) atoms. The third kappa shape index (κ3) is 3.09. The molecule has 2 rings (SSSR count). The molecule has 2 aromatic rings. The van der Waals surface area contributed by atoms with Gasteiger partial charge in [-0.25, -0.2) is 4.39 Å². The Hall–Kier alpha value is -3.07. The van der Waals surface area contributed by atoms with Crippen LogP contribution in [0.3, 0.4) is 0 Å². The Morgan fingerprint density at radius 1 is 1.33 bits per heavy atom. The number of halogens is 1. The monoisotopic (exact) mass is 285 g/mol. The molecular weight excluding hydrogens is 273 g/mol. The Bertz CT molecular complexity index is 738. The number of ether oxygens (including phenoxy) is 1. The van der Waals surface area contributed by atoms with Gasteiger partial charge in [-0.2, -0.15) is 5.26 Å². The maximum atomic E-state index is 13.7. The first kappa shape index (κ1) is 14.3. The van der Waals surface area contributed by atoms with E-state index in [0.717, 1.165) is 6.07 Å². The van der Waals surface area contributed by atoms with Crippen molar-refractivity contribution in [1.29, 1.82) is 5.26 Å². The Kier molecular flexibility index (Phi) is 4.05. The number of nitriles is 1. The maximum Gasteiger partial charge on any atom is 0.258 e. The van der Waals surface area contributed by atoms with Gasteiger partial charge >= 0.3 is 0 Å². The summed E-state index contributed by atoms with van der Waals surface area (Å²) in [6.07, 6.45) is 0. The van der Waals surface area contributed by atoms with E-state index in [9.17, 15) is 9.18 Å². The zero-order valence-electron chi connectivity index (χ0n) is 11.2. The number of rotatable bonds is 3. The molecule has 3 N–H and O–H groups in total. The summed E-state index contributed by atoms with van der Waals surface area (Å²) in [5, 5.41) is 11.4. The Morgan fingerprint density at radius 2 is 2.10 bits per heavy atom. The van der Waals surface area contributed by atoms with E-state index in [-0.39, 0.29) is 11.3 Å². The van der Waals surface area contributed by atoms with E-state index in [1.54, 1.807) is 0 Å². The van der Waals surface area contributed by atoms with Gasteiger partial charge in [-0.05, 0) is 30.3 Å². The number of carbonyl (C=O) groups is 1. The smallest absolute Gasteiger partial charge is 0.258 e. The average Bonchev–Trinajstić information content (AvgIpc) is 2.47. The van der Waals surface area contributed by atoms with Crippen molar-refractivity contribution in [2.45, 2.75) is 0 Å². The minimum Gasteiger partial charge on any atom is -0.495 e. The number of nitrogen functional groups attached to an aromatic ring is 1. The number of methoxy groups -OCH3 is 1. The highest BCUT2D eigenvalue weighted by atomic mass is 19.1. The second kappa shape index (κ2) is 5.92. The lowest BCUT2D eigenvalue weighted by molar-refractivity contribution is 0.102.